The first kappa shape index (κ1) is 21.5. The molecule has 4 saturated carbocycles. The Hall–Kier alpha value is -0.750. The van der Waals surface area contributed by atoms with Crippen LogP contribution in [0, 0.1) is 34.5 Å². The number of fused-ring (bicyclic) bond motifs is 5. The number of rotatable bonds is 3. The molecule has 1 unspecified atom stereocenters. The average Bonchev–Trinajstić information content (AvgIpc) is 2.92. The van der Waals surface area contributed by atoms with E-state index in [9.17, 15) is 19.5 Å². The fourth-order valence-corrected chi connectivity index (χ4v) is 8.41. The Morgan fingerprint density at radius 2 is 1.90 bits per heavy atom. The number of halogens is 1. The molecule has 0 saturated heterocycles. The summed E-state index contributed by atoms with van der Waals surface area (Å²) in [6.07, 6.45) is 6.10. The third-order valence-corrected chi connectivity index (χ3v) is 9.88. The van der Waals surface area contributed by atoms with Crippen LogP contribution in [0.2, 0.25) is 0 Å². The molecule has 162 valence electrons. The van der Waals surface area contributed by atoms with Crippen LogP contribution in [-0.4, -0.2) is 39.7 Å². The SMILES string of the molecule is CC(=O)O[C@@H]1CC[C@@]2(C)C(CC[C@@H]3[C@@H]2C(=O)C[C@@]2(C)[C@H]3CC[C@]2(O)C(=O)CBr)C1. The van der Waals surface area contributed by atoms with Gasteiger partial charge in [0.05, 0.1) is 5.33 Å². The van der Waals surface area contributed by atoms with Gasteiger partial charge in [-0.25, -0.2) is 0 Å². The van der Waals surface area contributed by atoms with Crippen molar-refractivity contribution in [3.63, 3.8) is 0 Å². The molecule has 8 atom stereocenters. The lowest BCUT2D eigenvalue weighted by Gasteiger charge is -2.60. The van der Waals surface area contributed by atoms with Gasteiger partial charge in [0.2, 0.25) is 0 Å². The number of hydrogen-bond acceptors (Lipinski definition) is 5. The molecule has 4 aliphatic carbocycles. The first-order valence-corrected chi connectivity index (χ1v) is 12.2. The lowest BCUT2D eigenvalue weighted by Crippen LogP contribution is -2.62. The second kappa shape index (κ2) is 7.15. The maximum Gasteiger partial charge on any atom is 0.302 e. The molecule has 1 N–H and O–H groups in total. The average molecular weight is 469 g/mol. The van der Waals surface area contributed by atoms with E-state index in [-0.39, 0.29) is 52.1 Å². The van der Waals surface area contributed by atoms with E-state index < -0.39 is 11.0 Å². The number of ketones is 2. The molecule has 0 spiro atoms. The van der Waals surface area contributed by atoms with Crippen LogP contribution in [0.4, 0.5) is 0 Å². The van der Waals surface area contributed by atoms with Crippen LogP contribution >= 0.6 is 15.9 Å². The molecule has 0 heterocycles. The minimum Gasteiger partial charge on any atom is -0.463 e. The molecule has 0 radical (unpaired) electrons. The predicted molar refractivity (Wildman–Crippen MR) is 111 cm³/mol. The summed E-state index contributed by atoms with van der Waals surface area (Å²) in [5, 5.41) is 11.5. The molecule has 0 aromatic heterocycles. The van der Waals surface area contributed by atoms with Crippen LogP contribution in [0.25, 0.3) is 0 Å². The summed E-state index contributed by atoms with van der Waals surface area (Å²) < 4.78 is 5.50. The van der Waals surface area contributed by atoms with E-state index in [1.165, 1.54) is 6.92 Å². The second-order valence-corrected chi connectivity index (χ2v) is 11.1. The van der Waals surface area contributed by atoms with Crippen molar-refractivity contribution in [2.45, 2.75) is 83.8 Å². The molecule has 0 amide bonds. The first-order chi connectivity index (χ1) is 13.6. The normalized spacial score (nSPS) is 49.0. The highest BCUT2D eigenvalue weighted by Gasteiger charge is 2.68. The monoisotopic (exact) mass is 468 g/mol. The molecule has 0 bridgehead atoms. The fourth-order valence-electron chi connectivity index (χ4n) is 7.95. The Bertz CT molecular complexity index is 737. The van der Waals surface area contributed by atoms with E-state index in [4.69, 9.17) is 4.74 Å². The standard InChI is InChI=1S/C23H33BrO5/c1-13(25)29-15-6-8-21(2)14(10-15)4-5-16-17-7-9-23(28,19(27)12-24)22(17,3)11-18(26)20(16)21/h14-17,20,28H,4-12H2,1-3H3/t14?,15-,16+,17+,20-,21+,22+,23+/m1/s1. The molecule has 29 heavy (non-hydrogen) atoms. The van der Waals surface area contributed by atoms with Crippen LogP contribution in [0.5, 0.6) is 0 Å². The zero-order valence-electron chi connectivity index (χ0n) is 17.7. The van der Waals surface area contributed by atoms with Crippen molar-refractivity contribution in [2.75, 3.05) is 5.33 Å². The van der Waals surface area contributed by atoms with Gasteiger partial charge in [0.15, 0.2) is 5.78 Å². The minimum absolute atomic E-state index is 0.000902. The van der Waals surface area contributed by atoms with Crippen molar-refractivity contribution in [3.05, 3.63) is 0 Å². The first-order valence-electron chi connectivity index (χ1n) is 11.1. The van der Waals surface area contributed by atoms with Crippen LogP contribution < -0.4 is 0 Å². The smallest absolute Gasteiger partial charge is 0.302 e. The molecule has 4 rings (SSSR count). The van der Waals surface area contributed by atoms with Crippen molar-refractivity contribution in [3.8, 4) is 0 Å². The Morgan fingerprint density at radius 1 is 1.17 bits per heavy atom. The molecule has 0 aromatic rings. The van der Waals surface area contributed by atoms with Crippen LogP contribution in [-0.2, 0) is 19.1 Å². The Morgan fingerprint density at radius 3 is 2.55 bits per heavy atom. The second-order valence-electron chi connectivity index (χ2n) is 10.6. The zero-order chi connectivity index (χ0) is 21.2. The maximum absolute atomic E-state index is 13.6. The van der Waals surface area contributed by atoms with Gasteiger partial charge in [-0.1, -0.05) is 29.8 Å². The summed E-state index contributed by atoms with van der Waals surface area (Å²) in [5.74, 6) is 0.661. The molecule has 0 aromatic carbocycles. The molecule has 6 heteroatoms. The van der Waals surface area contributed by atoms with Gasteiger partial charge in [-0.05, 0) is 68.1 Å². The van der Waals surface area contributed by atoms with Crippen molar-refractivity contribution in [1.82, 2.24) is 0 Å². The van der Waals surface area contributed by atoms with Crippen molar-refractivity contribution < 1.29 is 24.2 Å². The van der Waals surface area contributed by atoms with E-state index in [1.54, 1.807) is 0 Å². The van der Waals surface area contributed by atoms with Gasteiger partial charge in [0, 0.05) is 24.7 Å². The van der Waals surface area contributed by atoms with E-state index in [2.05, 4.69) is 22.9 Å². The summed E-state index contributed by atoms with van der Waals surface area (Å²) in [5.41, 5.74) is -2.13. The number of alkyl halides is 1. The van der Waals surface area contributed by atoms with Gasteiger partial charge in [-0.15, -0.1) is 0 Å². The molecular formula is C23H33BrO5. The van der Waals surface area contributed by atoms with Crippen molar-refractivity contribution in [2.24, 2.45) is 34.5 Å². The molecule has 0 aliphatic heterocycles. The third kappa shape index (κ3) is 2.99. The van der Waals surface area contributed by atoms with Gasteiger partial charge in [0.1, 0.15) is 17.5 Å². The maximum atomic E-state index is 13.6. The fraction of sp³-hybridized carbons (Fsp3) is 0.870. The zero-order valence-corrected chi connectivity index (χ0v) is 19.3. The van der Waals surface area contributed by atoms with Gasteiger partial charge in [0.25, 0.3) is 0 Å². The quantitative estimate of drug-likeness (QED) is 0.502. The summed E-state index contributed by atoms with van der Waals surface area (Å²) in [6.45, 7) is 5.71. The van der Waals surface area contributed by atoms with Crippen molar-refractivity contribution in [1.29, 1.82) is 0 Å². The Labute approximate surface area is 181 Å². The van der Waals surface area contributed by atoms with E-state index in [1.807, 2.05) is 6.92 Å². The molecular weight excluding hydrogens is 436 g/mol. The highest BCUT2D eigenvalue weighted by molar-refractivity contribution is 9.09. The van der Waals surface area contributed by atoms with Crippen LogP contribution in [0.1, 0.15) is 72.1 Å². The lowest BCUT2D eigenvalue weighted by molar-refractivity contribution is -0.180. The van der Waals surface area contributed by atoms with Gasteiger partial charge < -0.3 is 9.84 Å². The minimum atomic E-state index is -1.40. The van der Waals surface area contributed by atoms with Crippen molar-refractivity contribution >= 4 is 33.5 Å². The van der Waals surface area contributed by atoms with E-state index >= 15 is 0 Å². The molecule has 4 fully saturated rings. The number of aliphatic hydroxyl groups is 1. The topological polar surface area (TPSA) is 80.7 Å². The highest BCUT2D eigenvalue weighted by atomic mass is 79.9. The third-order valence-electron chi connectivity index (χ3n) is 9.37. The number of carbonyl (C=O) groups is 3. The predicted octanol–water partition coefficient (Wildman–Crippen LogP) is 3.83. The molecule has 5 nitrogen and oxygen atoms in total. The number of Topliss-reactive ketones (excluding diaryl/α,β-unsaturated/α-hetero) is 2. The summed E-state index contributed by atoms with van der Waals surface area (Å²) in [7, 11) is 0. The van der Waals surface area contributed by atoms with E-state index in [0.717, 1.165) is 38.5 Å². The Kier molecular flexibility index (Phi) is 5.30. The van der Waals surface area contributed by atoms with Gasteiger partial charge in [-0.3, -0.25) is 14.4 Å². The summed E-state index contributed by atoms with van der Waals surface area (Å²) in [4.78, 5) is 37.6. The van der Waals surface area contributed by atoms with Crippen LogP contribution in [0.15, 0.2) is 0 Å². The Balaban J connectivity index is 1.62. The highest BCUT2D eigenvalue weighted by Crippen LogP contribution is 2.67. The number of esters is 1. The largest absolute Gasteiger partial charge is 0.463 e. The van der Waals surface area contributed by atoms with Crippen LogP contribution in [0.3, 0.4) is 0 Å². The van der Waals surface area contributed by atoms with E-state index in [0.29, 0.717) is 18.8 Å². The number of hydrogen-bond donors (Lipinski definition) is 1. The number of ether oxygens (including phenoxy) is 1. The molecule has 4 aliphatic rings. The van der Waals surface area contributed by atoms with Gasteiger partial charge in [-0.2, -0.15) is 0 Å². The lowest BCUT2D eigenvalue weighted by atomic mass is 9.44. The number of carbonyl (C=O) groups excluding carboxylic acids is 3. The summed E-state index contributed by atoms with van der Waals surface area (Å²) >= 11 is 3.23. The summed E-state index contributed by atoms with van der Waals surface area (Å²) in [6, 6.07) is 0. The van der Waals surface area contributed by atoms with Gasteiger partial charge >= 0.3 is 5.97 Å².